The van der Waals surface area contributed by atoms with Gasteiger partial charge in [-0.15, -0.1) is 0 Å². The summed E-state index contributed by atoms with van der Waals surface area (Å²) in [5, 5.41) is 15.7. The minimum absolute atomic E-state index is 0.0845. The number of amides is 1. The standard InChI is InChI=1S/C29H30N2O6/c1-2-35-18-24(31-23-11-7-21(8-12-23)29(34)30-16-15-28(32)33)19-36-25-13-9-20(10-14-25)27-17-22-5-3-4-6-26(22)37-27/h3-14,17,24,31H,2,15-16,18-19H2,1H3,(H,30,34)(H,32,33)/t24-/m0/s1. The molecule has 0 saturated carbocycles. The number of hydrogen-bond acceptors (Lipinski definition) is 6. The smallest absolute Gasteiger partial charge is 0.305 e. The van der Waals surface area contributed by atoms with Crippen molar-refractivity contribution in [1.82, 2.24) is 5.32 Å². The van der Waals surface area contributed by atoms with Gasteiger partial charge in [-0.25, -0.2) is 0 Å². The Morgan fingerprint density at radius 2 is 1.73 bits per heavy atom. The number of nitrogens with one attached hydrogen (secondary N) is 2. The van der Waals surface area contributed by atoms with E-state index in [1.165, 1.54) is 0 Å². The molecule has 8 nitrogen and oxygen atoms in total. The van der Waals surface area contributed by atoms with Gasteiger partial charge >= 0.3 is 5.97 Å². The Morgan fingerprint density at radius 1 is 0.973 bits per heavy atom. The summed E-state index contributed by atoms with van der Waals surface area (Å²) in [6.45, 7) is 3.43. The molecular formula is C29H30N2O6. The number of ether oxygens (including phenoxy) is 2. The molecule has 192 valence electrons. The van der Waals surface area contributed by atoms with E-state index in [-0.39, 0.29) is 24.9 Å². The number of carbonyl (C=O) groups is 2. The van der Waals surface area contributed by atoms with Crippen LogP contribution in [0.25, 0.3) is 22.3 Å². The van der Waals surface area contributed by atoms with Crippen molar-refractivity contribution in [3.8, 4) is 17.1 Å². The maximum absolute atomic E-state index is 12.2. The molecule has 37 heavy (non-hydrogen) atoms. The van der Waals surface area contributed by atoms with Crippen LogP contribution in [0.3, 0.4) is 0 Å². The fourth-order valence-electron chi connectivity index (χ4n) is 3.77. The molecule has 0 bridgehead atoms. The number of furan rings is 1. The van der Waals surface area contributed by atoms with Gasteiger partial charge in [-0.3, -0.25) is 9.59 Å². The quantitative estimate of drug-likeness (QED) is 0.230. The van der Waals surface area contributed by atoms with Gasteiger partial charge in [0.25, 0.3) is 5.91 Å². The van der Waals surface area contributed by atoms with Crippen molar-refractivity contribution in [2.45, 2.75) is 19.4 Å². The minimum atomic E-state index is -0.954. The van der Waals surface area contributed by atoms with Crippen molar-refractivity contribution < 1.29 is 28.6 Å². The Kier molecular flexibility index (Phi) is 8.78. The highest BCUT2D eigenvalue weighted by Gasteiger charge is 2.12. The third-order valence-corrected chi connectivity index (χ3v) is 5.68. The zero-order chi connectivity index (χ0) is 26.0. The van der Waals surface area contributed by atoms with Crippen LogP contribution < -0.4 is 15.4 Å². The topological polar surface area (TPSA) is 110 Å². The van der Waals surface area contributed by atoms with Gasteiger partial charge in [0, 0.05) is 35.4 Å². The summed E-state index contributed by atoms with van der Waals surface area (Å²) in [5.41, 5.74) is 3.10. The molecule has 0 saturated heterocycles. The first-order chi connectivity index (χ1) is 18.0. The number of anilines is 1. The Morgan fingerprint density at radius 3 is 2.43 bits per heavy atom. The number of carboxylic acid groups (broad SMARTS) is 1. The third kappa shape index (κ3) is 7.35. The molecule has 3 aromatic carbocycles. The van der Waals surface area contributed by atoms with E-state index in [9.17, 15) is 9.59 Å². The maximum Gasteiger partial charge on any atom is 0.305 e. The predicted octanol–water partition coefficient (Wildman–Crippen LogP) is 5.20. The molecule has 0 radical (unpaired) electrons. The van der Waals surface area contributed by atoms with Crippen LogP contribution in [0.4, 0.5) is 5.69 Å². The van der Waals surface area contributed by atoms with E-state index in [1.807, 2.05) is 61.5 Å². The van der Waals surface area contributed by atoms with Crippen molar-refractivity contribution in [2.24, 2.45) is 0 Å². The highest BCUT2D eigenvalue weighted by atomic mass is 16.5. The number of aliphatic carboxylic acids is 1. The minimum Gasteiger partial charge on any atom is -0.491 e. The molecule has 1 heterocycles. The van der Waals surface area contributed by atoms with Gasteiger partial charge in [0.2, 0.25) is 0 Å². The van der Waals surface area contributed by atoms with Crippen LogP contribution in [-0.4, -0.2) is 49.4 Å². The lowest BCUT2D eigenvalue weighted by molar-refractivity contribution is -0.136. The zero-order valence-electron chi connectivity index (χ0n) is 20.6. The van der Waals surface area contributed by atoms with Gasteiger partial charge in [0.05, 0.1) is 19.1 Å². The number of rotatable bonds is 13. The lowest BCUT2D eigenvalue weighted by Crippen LogP contribution is -2.32. The van der Waals surface area contributed by atoms with Crippen molar-refractivity contribution >= 4 is 28.5 Å². The zero-order valence-corrected chi connectivity index (χ0v) is 20.6. The van der Waals surface area contributed by atoms with Gasteiger partial charge in [0.1, 0.15) is 23.7 Å². The van der Waals surface area contributed by atoms with E-state index < -0.39 is 5.97 Å². The lowest BCUT2D eigenvalue weighted by atomic mass is 10.1. The summed E-state index contributed by atoms with van der Waals surface area (Å²) >= 11 is 0. The molecule has 4 rings (SSSR count). The van der Waals surface area contributed by atoms with Crippen LogP contribution >= 0.6 is 0 Å². The molecule has 0 aliphatic heterocycles. The summed E-state index contributed by atoms with van der Waals surface area (Å²) in [5.74, 6) is 0.275. The molecule has 1 aromatic heterocycles. The molecule has 0 aliphatic rings. The predicted molar refractivity (Wildman–Crippen MR) is 142 cm³/mol. The van der Waals surface area contributed by atoms with Crippen LogP contribution in [0.5, 0.6) is 5.75 Å². The van der Waals surface area contributed by atoms with Gasteiger partial charge in [0.15, 0.2) is 0 Å². The number of para-hydroxylation sites is 1. The average Bonchev–Trinajstić information content (AvgIpc) is 3.35. The van der Waals surface area contributed by atoms with E-state index in [0.717, 1.165) is 33.7 Å². The van der Waals surface area contributed by atoms with E-state index >= 15 is 0 Å². The van der Waals surface area contributed by atoms with E-state index in [2.05, 4.69) is 10.6 Å². The monoisotopic (exact) mass is 502 g/mol. The Hall–Kier alpha value is -4.30. The molecule has 0 unspecified atom stereocenters. The molecule has 0 spiro atoms. The molecule has 4 aromatic rings. The summed E-state index contributed by atoms with van der Waals surface area (Å²) in [6.07, 6.45) is -0.118. The highest BCUT2D eigenvalue weighted by Crippen LogP contribution is 2.29. The third-order valence-electron chi connectivity index (χ3n) is 5.68. The first-order valence-corrected chi connectivity index (χ1v) is 12.2. The van der Waals surface area contributed by atoms with Crippen LogP contribution in [0.1, 0.15) is 23.7 Å². The van der Waals surface area contributed by atoms with Gasteiger partial charge in [-0.2, -0.15) is 0 Å². The number of fused-ring (bicyclic) bond motifs is 1. The van der Waals surface area contributed by atoms with Gasteiger partial charge < -0.3 is 29.6 Å². The van der Waals surface area contributed by atoms with Crippen molar-refractivity contribution in [3.05, 3.63) is 84.4 Å². The summed E-state index contributed by atoms with van der Waals surface area (Å²) < 4.78 is 17.6. The largest absolute Gasteiger partial charge is 0.491 e. The molecule has 0 aliphatic carbocycles. The molecular weight excluding hydrogens is 472 g/mol. The molecule has 0 fully saturated rings. The summed E-state index contributed by atoms with van der Waals surface area (Å²) in [7, 11) is 0. The fourth-order valence-corrected chi connectivity index (χ4v) is 3.77. The van der Waals surface area contributed by atoms with Crippen molar-refractivity contribution in [3.63, 3.8) is 0 Å². The Bertz CT molecular complexity index is 1280. The van der Waals surface area contributed by atoms with E-state index in [1.54, 1.807) is 24.3 Å². The highest BCUT2D eigenvalue weighted by molar-refractivity contribution is 5.94. The molecule has 8 heteroatoms. The van der Waals surface area contributed by atoms with Crippen LogP contribution in [0, 0.1) is 0 Å². The SMILES string of the molecule is CCOC[C@@H](COc1ccc(-c2cc3ccccc3o2)cc1)Nc1ccc(C(=O)NCCC(=O)O)cc1. The first-order valence-electron chi connectivity index (χ1n) is 12.2. The Labute approximate surface area is 215 Å². The normalized spacial score (nSPS) is 11.7. The van der Waals surface area contributed by atoms with Crippen LogP contribution in [0.2, 0.25) is 0 Å². The average molecular weight is 503 g/mol. The van der Waals surface area contributed by atoms with Gasteiger partial charge in [-0.05, 0) is 67.6 Å². The number of carboxylic acids is 1. The van der Waals surface area contributed by atoms with E-state index in [4.69, 9.17) is 19.0 Å². The molecule has 1 amide bonds. The first kappa shape index (κ1) is 25.8. The maximum atomic E-state index is 12.2. The second-order valence-electron chi connectivity index (χ2n) is 8.46. The summed E-state index contributed by atoms with van der Waals surface area (Å²) in [4.78, 5) is 22.8. The van der Waals surface area contributed by atoms with Crippen LogP contribution in [0.15, 0.2) is 83.3 Å². The second-order valence-corrected chi connectivity index (χ2v) is 8.46. The van der Waals surface area contributed by atoms with Crippen LogP contribution in [-0.2, 0) is 9.53 Å². The number of hydrogen-bond donors (Lipinski definition) is 3. The molecule has 3 N–H and O–H groups in total. The fraction of sp³-hybridized carbons (Fsp3) is 0.241. The number of benzene rings is 3. The Balaban J connectivity index is 1.33. The van der Waals surface area contributed by atoms with Crippen molar-refractivity contribution in [1.29, 1.82) is 0 Å². The summed E-state index contributed by atoms with van der Waals surface area (Å²) in [6, 6.07) is 24.6. The second kappa shape index (κ2) is 12.6. The van der Waals surface area contributed by atoms with Crippen molar-refractivity contribution in [2.75, 3.05) is 31.7 Å². The molecule has 1 atom stereocenters. The van der Waals surface area contributed by atoms with Gasteiger partial charge in [-0.1, -0.05) is 18.2 Å². The lowest BCUT2D eigenvalue weighted by Gasteiger charge is -2.20. The van der Waals surface area contributed by atoms with E-state index in [0.29, 0.717) is 25.4 Å². The number of carbonyl (C=O) groups excluding carboxylic acids is 1.